The van der Waals surface area contributed by atoms with Gasteiger partial charge in [-0.2, -0.15) is 5.10 Å². The van der Waals surface area contributed by atoms with Crippen LogP contribution < -0.4 is 5.73 Å². The third kappa shape index (κ3) is 4.92. The number of nitrogens with zero attached hydrogens (tertiary/aromatic N) is 4. The van der Waals surface area contributed by atoms with Gasteiger partial charge in [0.1, 0.15) is 5.82 Å². The maximum Gasteiger partial charge on any atom is 0.225 e. The van der Waals surface area contributed by atoms with Gasteiger partial charge in [0.25, 0.3) is 0 Å². The topological polar surface area (TPSA) is 107 Å². The summed E-state index contributed by atoms with van der Waals surface area (Å²) in [5, 5.41) is 14.3. The van der Waals surface area contributed by atoms with E-state index in [1.807, 2.05) is 12.1 Å². The van der Waals surface area contributed by atoms with Crippen LogP contribution in [0.5, 0.6) is 0 Å². The number of pyridine rings is 1. The fourth-order valence-corrected chi connectivity index (χ4v) is 2.14. The van der Waals surface area contributed by atoms with Crippen LogP contribution in [0.1, 0.15) is 31.1 Å². The molecule has 0 unspecified atom stereocenters. The quantitative estimate of drug-likeness (QED) is 0.763. The van der Waals surface area contributed by atoms with Gasteiger partial charge in [0.05, 0.1) is 18.6 Å². The van der Waals surface area contributed by atoms with Crippen molar-refractivity contribution in [2.75, 3.05) is 0 Å². The van der Waals surface area contributed by atoms with Crippen LogP contribution in [0.4, 0.5) is 0 Å². The molecule has 1 amide bonds. The number of aromatic nitrogens is 4. The summed E-state index contributed by atoms with van der Waals surface area (Å²) in [7, 11) is 0. The summed E-state index contributed by atoms with van der Waals surface area (Å²) in [6.07, 6.45) is 4.94. The highest BCUT2D eigenvalue weighted by Gasteiger charge is 2.19. The van der Waals surface area contributed by atoms with Crippen molar-refractivity contribution >= 4 is 5.91 Å². The zero-order chi connectivity index (χ0) is 16.2. The van der Waals surface area contributed by atoms with Crippen LogP contribution in [0.2, 0.25) is 0 Å². The molecule has 0 saturated heterocycles. The van der Waals surface area contributed by atoms with E-state index < -0.39 is 11.5 Å². The number of hydrogen-bond acceptors (Lipinski definition) is 5. The molecular formula is C15H21N5O2. The molecule has 0 aliphatic heterocycles. The molecule has 2 aromatic rings. The van der Waals surface area contributed by atoms with E-state index in [0.717, 1.165) is 17.8 Å². The van der Waals surface area contributed by atoms with Gasteiger partial charge in [0, 0.05) is 18.8 Å². The van der Waals surface area contributed by atoms with E-state index >= 15 is 0 Å². The Hall–Kier alpha value is -2.28. The molecule has 0 spiro atoms. The average Bonchev–Trinajstić information content (AvgIpc) is 2.76. The second-order valence-electron chi connectivity index (χ2n) is 5.92. The summed E-state index contributed by atoms with van der Waals surface area (Å²) >= 11 is 0. The number of primary amides is 1. The lowest BCUT2D eigenvalue weighted by molar-refractivity contribution is -0.117. The molecule has 0 saturated carbocycles. The third-order valence-corrected chi connectivity index (χ3v) is 3.02. The van der Waals surface area contributed by atoms with Crippen molar-refractivity contribution in [1.29, 1.82) is 0 Å². The Morgan fingerprint density at radius 3 is 2.77 bits per heavy atom. The monoisotopic (exact) mass is 303 g/mol. The van der Waals surface area contributed by atoms with Crippen molar-refractivity contribution in [2.24, 2.45) is 5.73 Å². The number of aliphatic hydroxyl groups is 1. The van der Waals surface area contributed by atoms with E-state index in [0.29, 0.717) is 18.8 Å². The molecule has 0 fully saturated rings. The molecule has 2 rings (SSSR count). The van der Waals surface area contributed by atoms with Gasteiger partial charge in [0.2, 0.25) is 5.91 Å². The van der Waals surface area contributed by atoms with Crippen molar-refractivity contribution in [3.05, 3.63) is 41.7 Å². The van der Waals surface area contributed by atoms with Gasteiger partial charge in [-0.3, -0.25) is 9.78 Å². The second-order valence-corrected chi connectivity index (χ2v) is 5.92. The minimum atomic E-state index is -0.916. The number of hydrogen-bond donors (Lipinski definition) is 2. The maximum atomic E-state index is 11.0. The first-order chi connectivity index (χ1) is 10.3. The van der Waals surface area contributed by atoms with Crippen LogP contribution in [-0.4, -0.2) is 36.4 Å². The van der Waals surface area contributed by atoms with Crippen molar-refractivity contribution in [3.63, 3.8) is 0 Å². The Bertz CT molecular complexity index is 631. The predicted molar refractivity (Wildman–Crippen MR) is 80.9 cm³/mol. The van der Waals surface area contributed by atoms with Crippen molar-refractivity contribution in [1.82, 2.24) is 19.7 Å². The van der Waals surface area contributed by atoms with Crippen molar-refractivity contribution < 1.29 is 9.90 Å². The van der Waals surface area contributed by atoms with Gasteiger partial charge in [-0.1, -0.05) is 6.07 Å². The fourth-order valence-electron chi connectivity index (χ4n) is 2.14. The lowest BCUT2D eigenvalue weighted by atomic mass is 10.1. The van der Waals surface area contributed by atoms with Crippen molar-refractivity contribution in [2.45, 2.75) is 45.3 Å². The van der Waals surface area contributed by atoms with Crippen LogP contribution in [0.15, 0.2) is 24.5 Å². The molecule has 0 aliphatic carbocycles. The standard InChI is InChI=1S/C15H21N5O2/c1-15(2,22)10-20-14(18-13(19-20)8-12(16)21)6-5-11-4-3-7-17-9-11/h3-4,7,9,22H,5-6,8,10H2,1-2H3,(H2,16,21). The maximum absolute atomic E-state index is 11.0. The van der Waals surface area contributed by atoms with E-state index in [-0.39, 0.29) is 6.42 Å². The first-order valence-corrected chi connectivity index (χ1v) is 7.16. The van der Waals surface area contributed by atoms with Gasteiger partial charge in [-0.05, 0) is 31.9 Å². The summed E-state index contributed by atoms with van der Waals surface area (Å²) < 4.78 is 1.65. The number of aryl methyl sites for hydroxylation is 2. The zero-order valence-corrected chi connectivity index (χ0v) is 12.9. The molecule has 22 heavy (non-hydrogen) atoms. The van der Waals surface area contributed by atoms with E-state index in [4.69, 9.17) is 5.73 Å². The SMILES string of the molecule is CC(C)(O)Cn1nc(CC(N)=O)nc1CCc1cccnc1. The highest BCUT2D eigenvalue weighted by atomic mass is 16.3. The largest absolute Gasteiger partial charge is 0.389 e. The Morgan fingerprint density at radius 1 is 1.41 bits per heavy atom. The lowest BCUT2D eigenvalue weighted by Gasteiger charge is -2.17. The normalized spacial score (nSPS) is 11.6. The van der Waals surface area contributed by atoms with Crippen molar-refractivity contribution in [3.8, 4) is 0 Å². The van der Waals surface area contributed by atoms with E-state index in [1.165, 1.54) is 0 Å². The Kier molecular flexibility index (Phi) is 4.87. The van der Waals surface area contributed by atoms with Gasteiger partial charge < -0.3 is 10.8 Å². The minimum absolute atomic E-state index is 0.00124. The highest BCUT2D eigenvalue weighted by Crippen LogP contribution is 2.11. The number of carbonyl (C=O) groups is 1. The van der Waals surface area contributed by atoms with E-state index in [2.05, 4.69) is 15.1 Å². The lowest BCUT2D eigenvalue weighted by Crippen LogP contribution is -2.28. The van der Waals surface area contributed by atoms with Crippen LogP contribution in [0.3, 0.4) is 0 Å². The number of carbonyl (C=O) groups excluding carboxylic acids is 1. The molecular weight excluding hydrogens is 282 g/mol. The molecule has 7 nitrogen and oxygen atoms in total. The summed E-state index contributed by atoms with van der Waals surface area (Å²) in [6, 6.07) is 3.88. The summed E-state index contributed by atoms with van der Waals surface area (Å²) in [6.45, 7) is 3.71. The summed E-state index contributed by atoms with van der Waals surface area (Å²) in [4.78, 5) is 19.5. The molecule has 2 heterocycles. The van der Waals surface area contributed by atoms with Crippen LogP contribution >= 0.6 is 0 Å². The van der Waals surface area contributed by atoms with Gasteiger partial charge in [0.15, 0.2) is 5.82 Å². The molecule has 0 bridgehead atoms. The Balaban J connectivity index is 2.16. The molecule has 0 aliphatic rings. The summed E-state index contributed by atoms with van der Waals surface area (Å²) in [5.41, 5.74) is 5.37. The zero-order valence-electron chi connectivity index (χ0n) is 12.9. The number of amides is 1. The molecule has 2 aromatic heterocycles. The smallest absolute Gasteiger partial charge is 0.225 e. The van der Waals surface area contributed by atoms with Crippen LogP contribution in [0, 0.1) is 0 Å². The Labute approximate surface area is 129 Å². The van der Waals surface area contributed by atoms with Crippen LogP contribution in [-0.2, 0) is 30.6 Å². The average molecular weight is 303 g/mol. The molecule has 0 radical (unpaired) electrons. The van der Waals surface area contributed by atoms with Gasteiger partial charge >= 0.3 is 0 Å². The predicted octanol–water partition coefficient (Wildman–Crippen LogP) is 0.257. The molecule has 118 valence electrons. The molecule has 0 atom stereocenters. The molecule has 7 heteroatoms. The van der Waals surface area contributed by atoms with Crippen LogP contribution in [0.25, 0.3) is 0 Å². The number of nitrogens with two attached hydrogens (primary N) is 1. The van der Waals surface area contributed by atoms with E-state index in [9.17, 15) is 9.90 Å². The first-order valence-electron chi connectivity index (χ1n) is 7.16. The fraction of sp³-hybridized carbons (Fsp3) is 0.467. The molecule has 3 N–H and O–H groups in total. The van der Waals surface area contributed by atoms with Gasteiger partial charge in [-0.25, -0.2) is 9.67 Å². The Morgan fingerprint density at radius 2 is 2.18 bits per heavy atom. The minimum Gasteiger partial charge on any atom is -0.389 e. The highest BCUT2D eigenvalue weighted by molar-refractivity contribution is 5.75. The van der Waals surface area contributed by atoms with E-state index in [1.54, 1.807) is 30.9 Å². The second kappa shape index (κ2) is 6.65. The number of rotatable bonds is 7. The summed E-state index contributed by atoms with van der Waals surface area (Å²) in [5.74, 6) is 0.638. The first kappa shape index (κ1) is 16.1. The molecule has 0 aromatic carbocycles. The third-order valence-electron chi connectivity index (χ3n) is 3.02. The van der Waals surface area contributed by atoms with Gasteiger partial charge in [-0.15, -0.1) is 0 Å².